The molecule has 2 aliphatic rings. The van der Waals surface area contributed by atoms with E-state index in [9.17, 15) is 9.59 Å². The molecule has 3 amide bonds. The molecule has 6 nitrogen and oxygen atoms in total. The average Bonchev–Trinajstić information content (AvgIpc) is 2.54. The van der Waals surface area contributed by atoms with Crippen molar-refractivity contribution >= 4 is 18.3 Å². The lowest BCUT2D eigenvalue weighted by Gasteiger charge is -2.34. The number of urea groups is 1. The summed E-state index contributed by atoms with van der Waals surface area (Å²) in [5.74, 6) is -0.165. The highest BCUT2D eigenvalue weighted by Crippen LogP contribution is 2.17. The van der Waals surface area contributed by atoms with E-state index >= 15 is 0 Å². The van der Waals surface area contributed by atoms with Crippen LogP contribution in [0.4, 0.5) is 4.79 Å². The number of carbonyl (C=O) groups excluding carboxylic acids is 2. The summed E-state index contributed by atoms with van der Waals surface area (Å²) in [6.45, 7) is 0. The van der Waals surface area contributed by atoms with Gasteiger partial charge in [0.05, 0.1) is 7.05 Å². The second kappa shape index (κ2) is 2.70. The Kier molecular flexibility index (Phi) is 1.73. The van der Waals surface area contributed by atoms with Crippen molar-refractivity contribution in [2.75, 3.05) is 21.1 Å². The van der Waals surface area contributed by atoms with Gasteiger partial charge < -0.3 is 0 Å². The third-order valence-electron chi connectivity index (χ3n) is 2.78. The SMILES string of the molecule is CN1C(=O)[C@@H]2[C@H](NC=[N+]2C)N(C)C1=O. The van der Waals surface area contributed by atoms with E-state index in [-0.39, 0.29) is 24.1 Å². The molecule has 6 heteroatoms. The van der Waals surface area contributed by atoms with Crippen LogP contribution < -0.4 is 5.32 Å². The molecule has 0 spiro atoms. The van der Waals surface area contributed by atoms with Crippen LogP contribution >= 0.6 is 0 Å². The number of hydrogen-bond acceptors (Lipinski definition) is 3. The lowest BCUT2D eigenvalue weighted by atomic mass is 10.1. The Bertz CT molecular complexity index is 338. The first-order valence-corrected chi connectivity index (χ1v) is 4.39. The smallest absolute Gasteiger partial charge is 0.284 e. The normalized spacial score (nSPS) is 31.5. The van der Waals surface area contributed by atoms with E-state index in [0.717, 1.165) is 4.90 Å². The minimum atomic E-state index is -0.303. The number of carbonyl (C=O) groups is 2. The zero-order valence-electron chi connectivity index (χ0n) is 8.39. The molecule has 1 N–H and O–H groups in total. The van der Waals surface area contributed by atoms with Crippen LogP contribution in [0.3, 0.4) is 0 Å². The fourth-order valence-electron chi connectivity index (χ4n) is 1.87. The van der Waals surface area contributed by atoms with Gasteiger partial charge in [-0.05, 0) is 0 Å². The number of nitrogens with one attached hydrogen (secondary N) is 1. The van der Waals surface area contributed by atoms with Crippen molar-refractivity contribution in [3.05, 3.63) is 0 Å². The molecule has 1 saturated heterocycles. The molecule has 0 bridgehead atoms. The van der Waals surface area contributed by atoms with Crippen LogP contribution in [0.25, 0.3) is 0 Å². The number of hydrogen-bond donors (Lipinski definition) is 1. The summed E-state index contributed by atoms with van der Waals surface area (Å²) in [6, 6.07) is -0.574. The van der Waals surface area contributed by atoms with Crippen LogP contribution in [-0.2, 0) is 4.79 Å². The van der Waals surface area contributed by atoms with E-state index < -0.39 is 0 Å². The minimum Gasteiger partial charge on any atom is -0.284 e. The standard InChI is InChI=1S/C8H12N4O2/c1-10-4-9-6-5(10)7(13)12(3)8(14)11(6)2/h4-6H,1-3H3/p+1/t5-,6+/m0/s1. The van der Waals surface area contributed by atoms with Gasteiger partial charge in [0.25, 0.3) is 5.91 Å². The van der Waals surface area contributed by atoms with Crippen molar-refractivity contribution < 1.29 is 14.2 Å². The molecule has 2 atom stereocenters. The van der Waals surface area contributed by atoms with Gasteiger partial charge in [-0.25, -0.2) is 4.79 Å². The molecule has 0 unspecified atom stereocenters. The van der Waals surface area contributed by atoms with Crippen molar-refractivity contribution in [3.8, 4) is 0 Å². The van der Waals surface area contributed by atoms with Crippen molar-refractivity contribution in [3.63, 3.8) is 0 Å². The van der Waals surface area contributed by atoms with E-state index in [0.29, 0.717) is 0 Å². The predicted molar refractivity (Wildman–Crippen MR) is 48.9 cm³/mol. The number of amides is 3. The molecule has 0 aliphatic carbocycles. The highest BCUT2D eigenvalue weighted by Gasteiger charge is 2.51. The van der Waals surface area contributed by atoms with Gasteiger partial charge in [-0.1, -0.05) is 0 Å². The van der Waals surface area contributed by atoms with Crippen molar-refractivity contribution in [1.29, 1.82) is 0 Å². The summed E-state index contributed by atoms with van der Waals surface area (Å²) in [5.41, 5.74) is 0. The van der Waals surface area contributed by atoms with Gasteiger partial charge in [0.2, 0.25) is 18.5 Å². The number of fused-ring (bicyclic) bond motifs is 1. The van der Waals surface area contributed by atoms with Gasteiger partial charge in [0.1, 0.15) is 0 Å². The summed E-state index contributed by atoms with van der Waals surface area (Å²) < 4.78 is 1.78. The molecule has 0 aromatic rings. The summed E-state index contributed by atoms with van der Waals surface area (Å²) in [5, 5.41) is 3.00. The van der Waals surface area contributed by atoms with Crippen LogP contribution in [0.5, 0.6) is 0 Å². The zero-order valence-corrected chi connectivity index (χ0v) is 8.39. The number of imide groups is 1. The van der Waals surface area contributed by atoms with Gasteiger partial charge in [0.15, 0.2) is 0 Å². The Morgan fingerprint density at radius 3 is 2.71 bits per heavy atom. The third-order valence-corrected chi connectivity index (χ3v) is 2.78. The Labute approximate surface area is 81.8 Å². The Morgan fingerprint density at radius 2 is 2.07 bits per heavy atom. The molecule has 76 valence electrons. The van der Waals surface area contributed by atoms with Crippen LogP contribution in [0.15, 0.2) is 0 Å². The molecule has 0 radical (unpaired) electrons. The van der Waals surface area contributed by atoms with Gasteiger partial charge in [-0.3, -0.25) is 24.5 Å². The third kappa shape index (κ3) is 0.934. The molecule has 0 saturated carbocycles. The van der Waals surface area contributed by atoms with Crippen LogP contribution in [0.2, 0.25) is 0 Å². The van der Waals surface area contributed by atoms with Gasteiger partial charge >= 0.3 is 6.03 Å². The van der Waals surface area contributed by atoms with Crippen LogP contribution in [0.1, 0.15) is 0 Å². The van der Waals surface area contributed by atoms with Gasteiger partial charge in [-0.15, -0.1) is 0 Å². The lowest BCUT2D eigenvalue weighted by Crippen LogP contribution is -2.65. The topological polar surface area (TPSA) is 55.7 Å². The zero-order chi connectivity index (χ0) is 10.5. The van der Waals surface area contributed by atoms with Gasteiger partial charge in [0, 0.05) is 14.1 Å². The largest absolute Gasteiger partial charge is 0.329 e. The highest BCUT2D eigenvalue weighted by atomic mass is 16.2. The lowest BCUT2D eigenvalue weighted by molar-refractivity contribution is -0.517. The van der Waals surface area contributed by atoms with E-state index in [2.05, 4.69) is 5.32 Å². The summed E-state index contributed by atoms with van der Waals surface area (Å²) >= 11 is 0. The molecule has 1 fully saturated rings. The molecule has 0 aromatic heterocycles. The second-order valence-corrected chi connectivity index (χ2v) is 3.64. The van der Waals surface area contributed by atoms with Gasteiger partial charge in [-0.2, -0.15) is 0 Å². The maximum absolute atomic E-state index is 11.7. The molecule has 14 heavy (non-hydrogen) atoms. The summed E-state index contributed by atoms with van der Waals surface area (Å²) in [7, 11) is 5.00. The van der Waals surface area contributed by atoms with Crippen LogP contribution in [0, 0.1) is 0 Å². The molecule has 0 aromatic carbocycles. The molecule has 2 aliphatic heterocycles. The van der Waals surface area contributed by atoms with E-state index in [1.807, 2.05) is 7.05 Å². The minimum absolute atomic E-state index is 0.165. The second-order valence-electron chi connectivity index (χ2n) is 3.64. The maximum atomic E-state index is 11.7. The quantitative estimate of drug-likeness (QED) is 0.480. The Balaban J connectivity index is 2.36. The fraction of sp³-hybridized carbons (Fsp3) is 0.625. The number of rotatable bonds is 0. The Hall–Kier alpha value is -1.59. The fourth-order valence-corrected chi connectivity index (χ4v) is 1.87. The average molecular weight is 197 g/mol. The first-order chi connectivity index (χ1) is 6.54. The summed E-state index contributed by atoms with van der Waals surface area (Å²) in [6.07, 6.45) is 1.48. The van der Waals surface area contributed by atoms with Crippen molar-refractivity contribution in [2.24, 2.45) is 0 Å². The predicted octanol–water partition coefficient (Wildman–Crippen LogP) is -1.52. The Morgan fingerprint density at radius 1 is 1.43 bits per heavy atom. The van der Waals surface area contributed by atoms with E-state index in [1.165, 1.54) is 11.9 Å². The monoisotopic (exact) mass is 197 g/mol. The highest BCUT2D eigenvalue weighted by molar-refractivity contribution is 6.00. The molecule has 2 rings (SSSR count). The van der Waals surface area contributed by atoms with Crippen molar-refractivity contribution in [2.45, 2.75) is 12.2 Å². The van der Waals surface area contributed by atoms with E-state index in [4.69, 9.17) is 0 Å². The maximum Gasteiger partial charge on any atom is 0.329 e. The molecular weight excluding hydrogens is 184 g/mol. The van der Waals surface area contributed by atoms with Crippen molar-refractivity contribution in [1.82, 2.24) is 15.1 Å². The first kappa shape index (κ1) is 8.98. The van der Waals surface area contributed by atoms with E-state index in [1.54, 1.807) is 18.0 Å². The number of likely N-dealkylation sites (N-methyl/N-ethyl adjacent to an activating group) is 3. The van der Waals surface area contributed by atoms with Crippen LogP contribution in [-0.4, -0.2) is 66.0 Å². The molecular formula is C8H13N4O2+. The first-order valence-electron chi connectivity index (χ1n) is 4.39. The summed E-state index contributed by atoms with van der Waals surface area (Å²) in [4.78, 5) is 26.0. The number of nitrogens with zero attached hydrogens (tertiary/aromatic N) is 3. The molecule has 2 heterocycles.